The van der Waals surface area contributed by atoms with Crippen molar-refractivity contribution in [3.63, 3.8) is 0 Å². The zero-order chi connectivity index (χ0) is 21.6. The summed E-state index contributed by atoms with van der Waals surface area (Å²) >= 11 is 0. The first-order valence-electron chi connectivity index (χ1n) is 11.2. The molecule has 0 radical (unpaired) electrons. The van der Waals surface area contributed by atoms with Crippen LogP contribution in [-0.4, -0.2) is 30.0 Å². The Bertz CT molecular complexity index is 818. The van der Waals surface area contributed by atoms with Crippen LogP contribution in [-0.2, 0) is 23.3 Å². The van der Waals surface area contributed by atoms with Gasteiger partial charge in [-0.25, -0.2) is 0 Å². The van der Waals surface area contributed by atoms with Gasteiger partial charge < -0.3 is 10.1 Å². The molecule has 2 aromatic carbocycles. The first kappa shape index (κ1) is 22.4. The fourth-order valence-electron chi connectivity index (χ4n) is 3.86. The summed E-state index contributed by atoms with van der Waals surface area (Å²) in [7, 11) is 0. The van der Waals surface area contributed by atoms with E-state index in [1.807, 2.05) is 19.1 Å². The van der Waals surface area contributed by atoms with Crippen molar-refractivity contribution < 1.29 is 9.53 Å². The Labute approximate surface area is 181 Å². The molecule has 1 aliphatic rings. The highest BCUT2D eigenvalue weighted by Gasteiger charge is 2.19. The van der Waals surface area contributed by atoms with Crippen LogP contribution in [0.25, 0.3) is 0 Å². The van der Waals surface area contributed by atoms with Crippen molar-refractivity contribution in [2.24, 2.45) is 0 Å². The lowest BCUT2D eigenvalue weighted by molar-refractivity contribution is -0.128. The third-order valence-electron chi connectivity index (χ3n) is 5.72. The third kappa shape index (κ3) is 6.33. The summed E-state index contributed by atoms with van der Waals surface area (Å²) in [6, 6.07) is 16.6. The summed E-state index contributed by atoms with van der Waals surface area (Å²) in [5.74, 6) is 0.667. The molecule has 1 heterocycles. The van der Waals surface area contributed by atoms with Crippen molar-refractivity contribution >= 4 is 5.91 Å². The molecule has 0 aromatic heterocycles. The molecule has 3 rings (SSSR count). The number of nitrogens with zero attached hydrogens (tertiary/aromatic N) is 1. The van der Waals surface area contributed by atoms with Crippen LogP contribution in [0.15, 0.2) is 48.5 Å². The van der Waals surface area contributed by atoms with E-state index in [-0.39, 0.29) is 11.3 Å². The number of benzene rings is 2. The molecule has 1 fully saturated rings. The van der Waals surface area contributed by atoms with E-state index < -0.39 is 6.10 Å². The summed E-state index contributed by atoms with van der Waals surface area (Å²) in [4.78, 5) is 15.2. The fraction of sp³-hybridized carbons (Fsp3) is 0.500. The van der Waals surface area contributed by atoms with Crippen molar-refractivity contribution in [2.75, 3.05) is 13.1 Å². The van der Waals surface area contributed by atoms with Crippen molar-refractivity contribution in [1.29, 1.82) is 0 Å². The minimum Gasteiger partial charge on any atom is -0.481 e. The predicted octanol–water partition coefficient (Wildman–Crippen LogP) is 5.05. The minimum absolute atomic E-state index is 0.0673. The second kappa shape index (κ2) is 10.1. The molecule has 1 atom stereocenters. The number of hydrogen-bond acceptors (Lipinski definition) is 3. The second-order valence-corrected chi connectivity index (χ2v) is 9.31. The van der Waals surface area contributed by atoms with E-state index >= 15 is 0 Å². The van der Waals surface area contributed by atoms with Crippen LogP contribution in [0.2, 0.25) is 0 Å². The van der Waals surface area contributed by atoms with E-state index in [0.717, 1.165) is 17.9 Å². The van der Waals surface area contributed by atoms with Gasteiger partial charge in [0.2, 0.25) is 0 Å². The van der Waals surface area contributed by atoms with Crippen molar-refractivity contribution in [3.05, 3.63) is 65.2 Å². The molecule has 0 aliphatic carbocycles. The highest BCUT2D eigenvalue weighted by atomic mass is 16.5. The summed E-state index contributed by atoms with van der Waals surface area (Å²) in [6.45, 7) is 12.4. The van der Waals surface area contributed by atoms with Gasteiger partial charge in [0.05, 0.1) is 0 Å². The molecule has 0 bridgehead atoms. The van der Waals surface area contributed by atoms with E-state index in [1.54, 1.807) is 0 Å². The molecule has 1 N–H and O–H groups in total. The fourth-order valence-corrected chi connectivity index (χ4v) is 3.86. The summed E-state index contributed by atoms with van der Waals surface area (Å²) in [6.07, 6.45) is 2.74. The Hall–Kier alpha value is -2.33. The number of carbonyl (C=O) groups is 1. The van der Waals surface area contributed by atoms with Crippen LogP contribution < -0.4 is 10.1 Å². The first-order chi connectivity index (χ1) is 14.3. The molecule has 1 saturated heterocycles. The van der Waals surface area contributed by atoms with E-state index in [0.29, 0.717) is 13.0 Å². The standard InChI is InChI=1S/C26H36N2O2/c1-5-24(30-23-13-11-22(12-14-23)26(2,3)4)25(29)27-18-20-9-8-10-21(17-20)19-28-15-6-7-16-28/h8-14,17,24H,5-7,15-16,18-19H2,1-4H3,(H,27,29)/t24-/m0/s1. The Morgan fingerprint density at radius 3 is 2.37 bits per heavy atom. The molecule has 0 unspecified atom stereocenters. The molecule has 1 aliphatic heterocycles. The normalized spacial score (nSPS) is 15.7. The first-order valence-corrected chi connectivity index (χ1v) is 11.2. The number of ether oxygens (including phenoxy) is 1. The molecule has 0 saturated carbocycles. The van der Waals surface area contributed by atoms with Gasteiger partial charge in [0.25, 0.3) is 5.91 Å². The van der Waals surface area contributed by atoms with Crippen LogP contribution in [0.4, 0.5) is 0 Å². The van der Waals surface area contributed by atoms with Gasteiger partial charge in [0.15, 0.2) is 6.10 Å². The molecule has 4 nitrogen and oxygen atoms in total. The third-order valence-corrected chi connectivity index (χ3v) is 5.72. The van der Waals surface area contributed by atoms with Gasteiger partial charge in [-0.05, 0) is 66.6 Å². The van der Waals surface area contributed by atoms with Crippen molar-refractivity contribution in [3.8, 4) is 5.75 Å². The molecule has 4 heteroatoms. The van der Waals surface area contributed by atoms with Crippen LogP contribution in [0.3, 0.4) is 0 Å². The minimum atomic E-state index is -0.488. The largest absolute Gasteiger partial charge is 0.481 e. The molecular formula is C26H36N2O2. The van der Waals surface area contributed by atoms with Crippen LogP contribution >= 0.6 is 0 Å². The monoisotopic (exact) mass is 408 g/mol. The lowest BCUT2D eigenvalue weighted by Crippen LogP contribution is -2.37. The van der Waals surface area contributed by atoms with E-state index in [4.69, 9.17) is 4.74 Å². The zero-order valence-corrected chi connectivity index (χ0v) is 18.9. The lowest BCUT2D eigenvalue weighted by atomic mass is 9.87. The highest BCUT2D eigenvalue weighted by molar-refractivity contribution is 5.81. The van der Waals surface area contributed by atoms with E-state index in [1.165, 1.54) is 37.1 Å². The van der Waals surface area contributed by atoms with Crippen LogP contribution in [0, 0.1) is 0 Å². The molecular weight excluding hydrogens is 372 g/mol. The Morgan fingerprint density at radius 1 is 1.07 bits per heavy atom. The summed E-state index contributed by atoms with van der Waals surface area (Å²) in [5, 5.41) is 3.05. The Balaban J connectivity index is 1.53. The molecule has 30 heavy (non-hydrogen) atoms. The molecule has 0 spiro atoms. The zero-order valence-electron chi connectivity index (χ0n) is 18.9. The lowest BCUT2D eigenvalue weighted by Gasteiger charge is -2.21. The maximum Gasteiger partial charge on any atom is 0.261 e. The van der Waals surface area contributed by atoms with Crippen LogP contribution in [0.5, 0.6) is 5.75 Å². The quantitative estimate of drug-likeness (QED) is 0.664. The van der Waals surface area contributed by atoms with Gasteiger partial charge in [0, 0.05) is 13.1 Å². The molecule has 2 aromatic rings. The smallest absolute Gasteiger partial charge is 0.261 e. The molecule has 1 amide bonds. The number of amides is 1. The topological polar surface area (TPSA) is 41.6 Å². The van der Waals surface area contributed by atoms with Crippen LogP contribution in [0.1, 0.15) is 63.6 Å². The van der Waals surface area contributed by atoms with E-state index in [9.17, 15) is 4.79 Å². The summed E-state index contributed by atoms with van der Waals surface area (Å²) in [5.41, 5.74) is 3.79. The Kier molecular flexibility index (Phi) is 7.54. The summed E-state index contributed by atoms with van der Waals surface area (Å²) < 4.78 is 5.98. The van der Waals surface area contributed by atoms with Gasteiger partial charge in [-0.1, -0.05) is 64.1 Å². The number of likely N-dealkylation sites (tertiary alicyclic amines) is 1. The van der Waals surface area contributed by atoms with E-state index in [2.05, 4.69) is 67.4 Å². The highest BCUT2D eigenvalue weighted by Crippen LogP contribution is 2.25. The van der Waals surface area contributed by atoms with Gasteiger partial charge in [-0.3, -0.25) is 9.69 Å². The maximum absolute atomic E-state index is 12.7. The van der Waals surface area contributed by atoms with Gasteiger partial charge in [-0.15, -0.1) is 0 Å². The molecule has 162 valence electrons. The maximum atomic E-state index is 12.7. The predicted molar refractivity (Wildman–Crippen MR) is 123 cm³/mol. The Morgan fingerprint density at radius 2 is 1.73 bits per heavy atom. The SMILES string of the molecule is CC[C@H](Oc1ccc(C(C)(C)C)cc1)C(=O)NCc1cccc(CN2CCCC2)c1. The number of carbonyl (C=O) groups excluding carboxylic acids is 1. The number of hydrogen-bond donors (Lipinski definition) is 1. The second-order valence-electron chi connectivity index (χ2n) is 9.31. The number of rotatable bonds is 8. The van der Waals surface area contributed by atoms with Gasteiger partial charge in [0.1, 0.15) is 5.75 Å². The average Bonchev–Trinajstić information content (AvgIpc) is 3.23. The van der Waals surface area contributed by atoms with Crippen molar-refractivity contribution in [1.82, 2.24) is 10.2 Å². The van der Waals surface area contributed by atoms with Gasteiger partial charge in [-0.2, -0.15) is 0 Å². The average molecular weight is 409 g/mol. The van der Waals surface area contributed by atoms with Gasteiger partial charge >= 0.3 is 0 Å². The number of nitrogens with one attached hydrogen (secondary N) is 1. The van der Waals surface area contributed by atoms with Crippen molar-refractivity contribution in [2.45, 2.75) is 71.6 Å².